The van der Waals surface area contributed by atoms with Gasteiger partial charge in [0, 0.05) is 0 Å². The molecule has 0 saturated heterocycles. The molecule has 0 aliphatic carbocycles. The number of sulfonamides is 1. The van der Waals surface area contributed by atoms with Crippen molar-refractivity contribution < 1.29 is 26.7 Å². The van der Waals surface area contributed by atoms with Crippen LogP contribution in [0, 0.1) is 11.6 Å². The van der Waals surface area contributed by atoms with Gasteiger partial charge in [-0.2, -0.15) is 0 Å². The monoisotopic (exact) mass is 494 g/mol. The Kier molecular flexibility index (Phi) is 7.38. The van der Waals surface area contributed by atoms with Gasteiger partial charge in [-0.25, -0.2) is 17.2 Å². The number of carbonyl (C=O) groups excluding carboxylic acids is 1. The van der Waals surface area contributed by atoms with Crippen LogP contribution in [0.25, 0.3) is 0 Å². The van der Waals surface area contributed by atoms with Crippen molar-refractivity contribution in [2.75, 3.05) is 11.0 Å². The fourth-order valence-electron chi connectivity index (χ4n) is 3.03. The van der Waals surface area contributed by atoms with Gasteiger partial charge in [-0.15, -0.1) is 0 Å². The van der Waals surface area contributed by atoms with E-state index in [2.05, 4.69) is 19.2 Å². The maximum atomic E-state index is 14.3. The van der Waals surface area contributed by atoms with Crippen molar-refractivity contribution in [3.05, 3.63) is 76.2 Å². The van der Waals surface area contributed by atoms with Crippen LogP contribution in [-0.2, 0) is 10.0 Å². The van der Waals surface area contributed by atoms with Crippen molar-refractivity contribution in [1.29, 1.82) is 0 Å². The van der Waals surface area contributed by atoms with E-state index in [0.717, 1.165) is 35.3 Å². The zero-order valence-corrected chi connectivity index (χ0v) is 20.1. The maximum Gasteiger partial charge on any atom is 0.261 e. The average molecular weight is 495 g/mol. The van der Waals surface area contributed by atoms with Crippen molar-refractivity contribution in [1.82, 2.24) is 5.32 Å². The van der Waals surface area contributed by atoms with Crippen LogP contribution in [0.3, 0.4) is 0 Å². The van der Waals surface area contributed by atoms with E-state index in [1.54, 1.807) is 23.8 Å². The molecule has 1 amide bonds. The first-order chi connectivity index (χ1) is 15.4. The average Bonchev–Trinajstić information content (AvgIpc) is 3.18. The Balaban J connectivity index is 1.69. The second kappa shape index (κ2) is 9.88. The van der Waals surface area contributed by atoms with Crippen LogP contribution in [0.1, 0.15) is 53.5 Å². The highest BCUT2D eigenvalue weighted by atomic mass is 32.2. The lowest BCUT2D eigenvalue weighted by Gasteiger charge is -2.16. The molecule has 2 N–H and O–H groups in total. The first-order valence-corrected chi connectivity index (χ1v) is 12.8. The molecule has 0 bridgehead atoms. The standard InChI is InChI=1S/C23H24F2N2O4S2/c1-13(2)15-6-5-7-17(10-15)31-21-9-8-20(32-21)23(28)26-14(3)16-11-18(24)22(19(25)12-16)27-33(4,29)30/h5-14,27H,1-4H3,(H,26,28). The third kappa shape index (κ3) is 6.52. The zero-order chi connectivity index (χ0) is 24.3. The number of benzene rings is 2. The van der Waals surface area contributed by atoms with Crippen LogP contribution in [0.4, 0.5) is 14.5 Å². The van der Waals surface area contributed by atoms with E-state index in [1.165, 1.54) is 0 Å². The summed E-state index contributed by atoms with van der Waals surface area (Å²) in [4.78, 5) is 13.0. The Hall–Kier alpha value is -2.98. The van der Waals surface area contributed by atoms with Crippen LogP contribution in [0.2, 0.25) is 0 Å². The summed E-state index contributed by atoms with van der Waals surface area (Å²) < 4.78 is 58.7. The molecule has 33 heavy (non-hydrogen) atoms. The Labute approximate surface area is 195 Å². The van der Waals surface area contributed by atoms with Crippen LogP contribution in [0.5, 0.6) is 10.8 Å². The van der Waals surface area contributed by atoms with Gasteiger partial charge in [0.15, 0.2) is 16.7 Å². The summed E-state index contributed by atoms with van der Waals surface area (Å²) in [5.41, 5.74) is 0.519. The number of thiophene rings is 1. The fourth-order valence-corrected chi connectivity index (χ4v) is 4.37. The van der Waals surface area contributed by atoms with Gasteiger partial charge in [-0.1, -0.05) is 37.3 Å². The normalized spacial score (nSPS) is 12.5. The predicted octanol–water partition coefficient (Wildman–Crippen LogP) is 5.80. The molecule has 0 fully saturated rings. The van der Waals surface area contributed by atoms with Gasteiger partial charge >= 0.3 is 0 Å². The molecule has 0 aliphatic heterocycles. The molecule has 2 aromatic carbocycles. The molecular weight excluding hydrogens is 470 g/mol. The molecule has 0 radical (unpaired) electrons. The highest BCUT2D eigenvalue weighted by molar-refractivity contribution is 7.92. The minimum atomic E-state index is -3.85. The number of amides is 1. The van der Waals surface area contributed by atoms with Gasteiger partial charge in [0.05, 0.1) is 17.2 Å². The molecule has 6 nitrogen and oxygen atoms in total. The minimum absolute atomic E-state index is 0.149. The molecule has 176 valence electrons. The van der Waals surface area contributed by atoms with E-state index in [0.29, 0.717) is 21.6 Å². The molecule has 1 aromatic heterocycles. The molecule has 1 atom stereocenters. The van der Waals surface area contributed by atoms with E-state index in [9.17, 15) is 22.0 Å². The number of carbonyl (C=O) groups is 1. The summed E-state index contributed by atoms with van der Waals surface area (Å²) in [6.45, 7) is 5.74. The molecule has 3 aromatic rings. The van der Waals surface area contributed by atoms with Crippen molar-refractivity contribution in [2.45, 2.75) is 32.7 Å². The van der Waals surface area contributed by atoms with E-state index in [-0.39, 0.29) is 5.56 Å². The van der Waals surface area contributed by atoms with Gasteiger partial charge < -0.3 is 10.1 Å². The molecule has 0 spiro atoms. The van der Waals surface area contributed by atoms with Crippen LogP contribution >= 0.6 is 11.3 Å². The Morgan fingerprint density at radius 2 is 1.67 bits per heavy atom. The maximum absolute atomic E-state index is 14.3. The second-order valence-electron chi connectivity index (χ2n) is 7.88. The van der Waals surface area contributed by atoms with Gasteiger partial charge in [0.2, 0.25) is 10.0 Å². The lowest BCUT2D eigenvalue weighted by Crippen LogP contribution is -2.26. The number of ether oxygens (including phenoxy) is 1. The molecular formula is C23H24F2N2O4S2. The summed E-state index contributed by atoms with van der Waals surface area (Å²) in [5.74, 6) is -1.57. The van der Waals surface area contributed by atoms with E-state index >= 15 is 0 Å². The number of hydrogen-bond donors (Lipinski definition) is 2. The first-order valence-electron chi connectivity index (χ1n) is 10.1. The fraction of sp³-hybridized carbons (Fsp3) is 0.261. The van der Waals surface area contributed by atoms with E-state index < -0.39 is 39.3 Å². The Morgan fingerprint density at radius 3 is 2.27 bits per heavy atom. The number of nitrogens with one attached hydrogen (secondary N) is 2. The summed E-state index contributed by atoms with van der Waals surface area (Å²) in [5, 5.41) is 3.21. The third-order valence-electron chi connectivity index (χ3n) is 4.75. The zero-order valence-electron chi connectivity index (χ0n) is 18.5. The molecule has 1 heterocycles. The van der Waals surface area contributed by atoms with Gasteiger partial charge in [-0.3, -0.25) is 9.52 Å². The number of rotatable bonds is 8. The van der Waals surface area contributed by atoms with Gasteiger partial charge in [0.25, 0.3) is 5.91 Å². The predicted molar refractivity (Wildman–Crippen MR) is 126 cm³/mol. The molecule has 10 heteroatoms. The largest absolute Gasteiger partial charge is 0.447 e. The number of anilines is 1. The SMILES string of the molecule is CC(C)c1cccc(Oc2ccc(C(=O)NC(C)c3cc(F)c(NS(C)(=O)=O)c(F)c3)s2)c1. The first kappa shape index (κ1) is 24.7. The molecule has 0 aliphatic rings. The smallest absolute Gasteiger partial charge is 0.261 e. The quantitative estimate of drug-likeness (QED) is 0.414. The lowest BCUT2D eigenvalue weighted by atomic mass is 10.0. The summed E-state index contributed by atoms with van der Waals surface area (Å²) in [7, 11) is -3.85. The summed E-state index contributed by atoms with van der Waals surface area (Å²) >= 11 is 1.14. The third-order valence-corrected chi connectivity index (χ3v) is 6.28. The number of hydrogen-bond acceptors (Lipinski definition) is 5. The Bertz CT molecular complexity index is 1250. The lowest BCUT2D eigenvalue weighted by molar-refractivity contribution is 0.0943. The second-order valence-corrected chi connectivity index (χ2v) is 10.7. The molecule has 1 unspecified atom stereocenters. The van der Waals surface area contributed by atoms with Gasteiger partial charge in [0.1, 0.15) is 11.4 Å². The van der Waals surface area contributed by atoms with Crippen LogP contribution in [-0.4, -0.2) is 20.6 Å². The van der Waals surface area contributed by atoms with Crippen LogP contribution in [0.15, 0.2) is 48.5 Å². The highest BCUT2D eigenvalue weighted by Gasteiger charge is 2.19. The summed E-state index contributed by atoms with van der Waals surface area (Å²) in [6, 6.07) is 12.2. The summed E-state index contributed by atoms with van der Waals surface area (Å²) in [6.07, 6.45) is 0.794. The van der Waals surface area contributed by atoms with Crippen molar-refractivity contribution in [3.8, 4) is 10.8 Å². The number of halogens is 2. The van der Waals surface area contributed by atoms with Crippen LogP contribution < -0.4 is 14.8 Å². The minimum Gasteiger partial charge on any atom is -0.447 e. The molecule has 3 rings (SSSR count). The topological polar surface area (TPSA) is 84.5 Å². The van der Waals surface area contributed by atoms with Crippen molar-refractivity contribution >= 4 is 33.0 Å². The Morgan fingerprint density at radius 1 is 1.00 bits per heavy atom. The van der Waals surface area contributed by atoms with Crippen molar-refractivity contribution in [3.63, 3.8) is 0 Å². The van der Waals surface area contributed by atoms with Crippen molar-refractivity contribution in [2.24, 2.45) is 0 Å². The van der Waals surface area contributed by atoms with Gasteiger partial charge in [-0.05, 0) is 60.4 Å². The van der Waals surface area contributed by atoms with E-state index in [4.69, 9.17) is 4.74 Å². The highest BCUT2D eigenvalue weighted by Crippen LogP contribution is 2.31. The molecule has 0 saturated carbocycles. The van der Waals surface area contributed by atoms with E-state index in [1.807, 2.05) is 24.3 Å².